The van der Waals surface area contributed by atoms with E-state index in [-0.39, 0.29) is 6.61 Å². The molecule has 0 aliphatic heterocycles. The molecule has 0 aromatic heterocycles. The number of carboxylic acids is 1. The number of carbonyl (C=O) groups excluding carboxylic acids is 2. The summed E-state index contributed by atoms with van der Waals surface area (Å²) in [7, 11) is 0. The monoisotopic (exact) mass is 185 g/mol. The summed E-state index contributed by atoms with van der Waals surface area (Å²) < 4.78 is 4.73. The first kappa shape index (κ1) is 10.0. The lowest BCUT2D eigenvalue weighted by atomic mass is 9.86. The van der Waals surface area contributed by atoms with E-state index in [9.17, 15) is 14.7 Å². The van der Waals surface area contributed by atoms with Crippen molar-refractivity contribution >= 4 is 11.9 Å². The fourth-order valence-corrected chi connectivity index (χ4v) is 1.74. The first-order chi connectivity index (χ1) is 6.13. The fourth-order valence-electron chi connectivity index (χ4n) is 1.74. The van der Waals surface area contributed by atoms with Crippen molar-refractivity contribution in [2.24, 2.45) is 5.41 Å². The summed E-state index contributed by atoms with van der Waals surface area (Å²) in [6.07, 6.45) is 2.22. The highest BCUT2D eigenvalue weighted by Gasteiger charge is 2.43. The number of esters is 1. The molecule has 74 valence electrons. The summed E-state index contributed by atoms with van der Waals surface area (Å²) >= 11 is 0. The van der Waals surface area contributed by atoms with Crippen LogP contribution in [-0.4, -0.2) is 18.5 Å². The second-order valence-electron chi connectivity index (χ2n) is 3.30. The van der Waals surface area contributed by atoms with Gasteiger partial charge in [-0.1, -0.05) is 12.8 Å². The highest BCUT2D eigenvalue weighted by molar-refractivity contribution is 5.98. The molecule has 1 rings (SSSR count). The molecular weight excluding hydrogens is 172 g/mol. The normalized spacial score (nSPS) is 19.8. The van der Waals surface area contributed by atoms with Gasteiger partial charge in [-0.25, -0.2) is 0 Å². The zero-order valence-electron chi connectivity index (χ0n) is 7.67. The Balaban J connectivity index is 2.78. The van der Waals surface area contributed by atoms with Crippen molar-refractivity contribution in [3.8, 4) is 0 Å². The van der Waals surface area contributed by atoms with Crippen molar-refractivity contribution in [2.45, 2.75) is 32.6 Å². The van der Waals surface area contributed by atoms with Crippen LogP contribution in [0.25, 0.3) is 0 Å². The minimum absolute atomic E-state index is 0.216. The molecule has 1 saturated carbocycles. The van der Waals surface area contributed by atoms with Crippen LogP contribution in [0.4, 0.5) is 0 Å². The Morgan fingerprint density at radius 3 is 2.31 bits per heavy atom. The topological polar surface area (TPSA) is 66.4 Å². The van der Waals surface area contributed by atoms with Crippen LogP contribution in [0.3, 0.4) is 0 Å². The van der Waals surface area contributed by atoms with Gasteiger partial charge in [0.2, 0.25) is 0 Å². The van der Waals surface area contributed by atoms with Crippen LogP contribution in [0.1, 0.15) is 32.6 Å². The molecule has 13 heavy (non-hydrogen) atoms. The first-order valence-electron chi connectivity index (χ1n) is 4.52. The number of aliphatic carboxylic acids is 1. The number of hydrogen-bond donors (Lipinski definition) is 0. The van der Waals surface area contributed by atoms with Crippen LogP contribution in [0.2, 0.25) is 0 Å². The maximum Gasteiger partial charge on any atom is 0.317 e. The van der Waals surface area contributed by atoms with Gasteiger partial charge in [-0.15, -0.1) is 0 Å². The van der Waals surface area contributed by atoms with Gasteiger partial charge in [-0.2, -0.15) is 0 Å². The Labute approximate surface area is 76.9 Å². The molecule has 1 fully saturated rings. The van der Waals surface area contributed by atoms with Crippen LogP contribution >= 0.6 is 0 Å². The van der Waals surface area contributed by atoms with Crippen molar-refractivity contribution in [3.05, 3.63) is 0 Å². The third kappa shape index (κ3) is 1.66. The van der Waals surface area contributed by atoms with E-state index in [1.807, 2.05) is 0 Å². The predicted octanol–water partition coefficient (Wildman–Crippen LogP) is -0.140. The van der Waals surface area contributed by atoms with Crippen molar-refractivity contribution in [3.63, 3.8) is 0 Å². The average molecular weight is 185 g/mol. The molecule has 0 spiro atoms. The van der Waals surface area contributed by atoms with Crippen LogP contribution in [-0.2, 0) is 14.3 Å². The number of carboxylic acid groups (broad SMARTS) is 1. The Kier molecular flexibility index (Phi) is 2.90. The quantitative estimate of drug-likeness (QED) is 0.453. The van der Waals surface area contributed by atoms with Crippen LogP contribution in [0.5, 0.6) is 0 Å². The second kappa shape index (κ2) is 3.77. The van der Waals surface area contributed by atoms with Crippen LogP contribution in [0.15, 0.2) is 0 Å². The van der Waals surface area contributed by atoms with Gasteiger partial charge in [0.25, 0.3) is 0 Å². The van der Waals surface area contributed by atoms with Crippen molar-refractivity contribution < 1.29 is 19.4 Å². The van der Waals surface area contributed by atoms with Crippen LogP contribution in [0, 0.1) is 5.41 Å². The Hall–Kier alpha value is -1.06. The summed E-state index contributed by atoms with van der Waals surface area (Å²) in [6, 6.07) is 0. The maximum atomic E-state index is 11.4. The zero-order valence-corrected chi connectivity index (χ0v) is 7.67. The predicted molar refractivity (Wildman–Crippen MR) is 42.5 cm³/mol. The van der Waals surface area contributed by atoms with Gasteiger partial charge in [-0.3, -0.25) is 4.79 Å². The molecule has 0 saturated heterocycles. The van der Waals surface area contributed by atoms with Gasteiger partial charge in [0, 0.05) is 0 Å². The Morgan fingerprint density at radius 2 is 1.92 bits per heavy atom. The highest BCUT2D eigenvalue weighted by Crippen LogP contribution is 2.38. The molecule has 1 aliphatic carbocycles. The van der Waals surface area contributed by atoms with Gasteiger partial charge in [0.05, 0.1) is 12.6 Å². The lowest BCUT2D eigenvalue weighted by molar-refractivity contribution is -0.317. The molecule has 0 unspecified atom stereocenters. The van der Waals surface area contributed by atoms with Gasteiger partial charge >= 0.3 is 5.97 Å². The van der Waals surface area contributed by atoms with Gasteiger partial charge in [0.15, 0.2) is 0 Å². The lowest BCUT2D eigenvalue weighted by Crippen LogP contribution is -2.47. The van der Waals surface area contributed by atoms with Gasteiger partial charge in [0.1, 0.15) is 5.41 Å². The summed E-state index contributed by atoms with van der Waals surface area (Å²) in [5, 5.41) is 10.8. The summed E-state index contributed by atoms with van der Waals surface area (Å²) in [4.78, 5) is 22.2. The molecule has 0 atom stereocenters. The number of hydrogen-bond acceptors (Lipinski definition) is 4. The van der Waals surface area contributed by atoms with Gasteiger partial charge < -0.3 is 14.6 Å². The first-order valence-corrected chi connectivity index (χ1v) is 4.52. The molecule has 1 aliphatic rings. The van der Waals surface area contributed by atoms with Crippen molar-refractivity contribution in [1.29, 1.82) is 0 Å². The minimum atomic E-state index is -1.35. The highest BCUT2D eigenvalue weighted by atomic mass is 16.5. The molecule has 0 amide bonds. The molecule has 0 aromatic carbocycles. The number of carbonyl (C=O) groups is 2. The zero-order chi connectivity index (χ0) is 9.90. The smallest absolute Gasteiger partial charge is 0.317 e. The second-order valence-corrected chi connectivity index (χ2v) is 3.30. The van der Waals surface area contributed by atoms with Gasteiger partial charge in [-0.05, 0) is 19.8 Å². The molecule has 0 radical (unpaired) electrons. The van der Waals surface area contributed by atoms with E-state index in [0.29, 0.717) is 12.8 Å². The third-order valence-corrected chi connectivity index (χ3v) is 2.51. The fraction of sp³-hybridized carbons (Fsp3) is 0.778. The van der Waals surface area contributed by atoms with E-state index in [1.54, 1.807) is 6.92 Å². The number of ether oxygens (including phenoxy) is 1. The molecule has 0 N–H and O–H groups in total. The van der Waals surface area contributed by atoms with E-state index >= 15 is 0 Å². The van der Waals surface area contributed by atoms with E-state index in [1.165, 1.54) is 0 Å². The summed E-state index contributed by atoms with van der Waals surface area (Å²) in [5.74, 6) is -1.92. The minimum Gasteiger partial charge on any atom is -0.549 e. The molecular formula is C9H13O4-. The Morgan fingerprint density at radius 1 is 1.38 bits per heavy atom. The SMILES string of the molecule is CCOC(=O)C1(C(=O)[O-])CCCC1. The molecule has 4 nitrogen and oxygen atoms in total. The van der Waals surface area contributed by atoms with E-state index in [4.69, 9.17) is 4.74 Å². The molecule has 0 heterocycles. The third-order valence-electron chi connectivity index (χ3n) is 2.51. The molecule has 4 heteroatoms. The van der Waals surface area contributed by atoms with Crippen molar-refractivity contribution in [1.82, 2.24) is 0 Å². The number of rotatable bonds is 3. The summed E-state index contributed by atoms with van der Waals surface area (Å²) in [5.41, 5.74) is -1.35. The van der Waals surface area contributed by atoms with Crippen LogP contribution < -0.4 is 5.11 Å². The summed E-state index contributed by atoms with van der Waals surface area (Å²) in [6.45, 7) is 1.88. The maximum absolute atomic E-state index is 11.4. The standard InChI is InChI=1S/C9H14O4/c1-2-13-8(12)9(7(10)11)5-3-4-6-9/h2-6H2,1H3,(H,10,11)/p-1. The molecule has 0 bridgehead atoms. The lowest BCUT2D eigenvalue weighted by Gasteiger charge is -2.26. The van der Waals surface area contributed by atoms with E-state index in [2.05, 4.69) is 0 Å². The van der Waals surface area contributed by atoms with Crippen molar-refractivity contribution in [2.75, 3.05) is 6.61 Å². The Bertz CT molecular complexity index is 216. The molecule has 0 aromatic rings. The average Bonchev–Trinajstić information content (AvgIpc) is 2.53. The van der Waals surface area contributed by atoms with E-state index in [0.717, 1.165) is 12.8 Å². The largest absolute Gasteiger partial charge is 0.549 e. The van der Waals surface area contributed by atoms with E-state index < -0.39 is 17.4 Å².